The molecule has 0 atom stereocenters. The van der Waals surface area contributed by atoms with Crippen LogP contribution in [0.25, 0.3) is 5.69 Å². The zero-order valence-electron chi connectivity index (χ0n) is 16.3. The number of benzene rings is 2. The fourth-order valence-corrected chi connectivity index (χ4v) is 3.32. The van der Waals surface area contributed by atoms with Crippen LogP contribution in [-0.4, -0.2) is 47.6 Å². The highest BCUT2D eigenvalue weighted by Gasteiger charge is 2.21. The Morgan fingerprint density at radius 2 is 1.83 bits per heavy atom. The lowest BCUT2D eigenvalue weighted by Crippen LogP contribution is -2.28. The summed E-state index contributed by atoms with van der Waals surface area (Å²) in [4.78, 5) is 18.4. The molecule has 10 heteroatoms. The van der Waals surface area contributed by atoms with Gasteiger partial charge in [0.25, 0.3) is 5.91 Å². The minimum Gasteiger partial charge on any atom is -0.338 e. The Labute approximate surface area is 174 Å². The zero-order valence-corrected chi connectivity index (χ0v) is 17.1. The van der Waals surface area contributed by atoms with Crippen molar-refractivity contribution < 1.29 is 13.2 Å². The van der Waals surface area contributed by atoms with Crippen molar-refractivity contribution in [1.82, 2.24) is 19.7 Å². The lowest BCUT2D eigenvalue weighted by atomic mass is 10.1. The molecule has 30 heavy (non-hydrogen) atoms. The first-order valence-corrected chi connectivity index (χ1v) is 10.6. The van der Waals surface area contributed by atoms with Crippen molar-refractivity contribution in [3.63, 3.8) is 0 Å². The van der Waals surface area contributed by atoms with Gasteiger partial charge in [0.1, 0.15) is 5.82 Å². The van der Waals surface area contributed by atoms with Gasteiger partial charge in [0, 0.05) is 20.0 Å². The van der Waals surface area contributed by atoms with E-state index in [2.05, 4.69) is 10.1 Å². The Kier molecular flexibility index (Phi) is 6.25. The highest BCUT2D eigenvalue weighted by atomic mass is 32.2. The molecule has 154 valence electrons. The van der Waals surface area contributed by atoms with Crippen molar-refractivity contribution >= 4 is 15.9 Å². The van der Waals surface area contributed by atoms with Gasteiger partial charge in [-0.25, -0.2) is 23.2 Å². The van der Waals surface area contributed by atoms with Gasteiger partial charge in [-0.15, -0.1) is 5.10 Å². The van der Waals surface area contributed by atoms with Crippen LogP contribution in [0.1, 0.15) is 28.4 Å². The quantitative estimate of drug-likeness (QED) is 0.610. The smallest absolute Gasteiger partial charge is 0.293 e. The van der Waals surface area contributed by atoms with Crippen molar-refractivity contribution in [1.29, 1.82) is 5.26 Å². The second-order valence-corrected chi connectivity index (χ2v) is 8.16. The summed E-state index contributed by atoms with van der Waals surface area (Å²) in [6.45, 7) is 0.265. The number of nitrogens with zero attached hydrogens (tertiary/aromatic N) is 5. The summed E-state index contributed by atoms with van der Waals surface area (Å²) >= 11 is 0. The SMILES string of the molecule is CN(CCC#N)C(=O)c1nc(Cc2ccccc2)n(-c2ccc(S(N)(=O)=O)cc2)n1. The Morgan fingerprint density at radius 1 is 1.17 bits per heavy atom. The maximum Gasteiger partial charge on any atom is 0.293 e. The summed E-state index contributed by atoms with van der Waals surface area (Å²) in [5, 5.41) is 18.2. The Bertz CT molecular complexity index is 1180. The van der Waals surface area contributed by atoms with E-state index in [0.29, 0.717) is 17.9 Å². The Balaban J connectivity index is 2.00. The van der Waals surface area contributed by atoms with Gasteiger partial charge in [-0.05, 0) is 29.8 Å². The Hall–Kier alpha value is -3.55. The van der Waals surface area contributed by atoms with E-state index in [1.807, 2.05) is 36.4 Å². The van der Waals surface area contributed by atoms with Crippen LogP contribution in [0.2, 0.25) is 0 Å². The van der Waals surface area contributed by atoms with Crippen molar-refractivity contribution in [2.75, 3.05) is 13.6 Å². The molecule has 0 aliphatic heterocycles. The van der Waals surface area contributed by atoms with Crippen LogP contribution in [0.3, 0.4) is 0 Å². The lowest BCUT2D eigenvalue weighted by Gasteiger charge is -2.12. The summed E-state index contributed by atoms with van der Waals surface area (Å²) in [5.74, 6) is 0.109. The minimum absolute atomic E-state index is 0.00288. The van der Waals surface area contributed by atoms with Crippen molar-refractivity contribution in [3.8, 4) is 11.8 Å². The fourth-order valence-electron chi connectivity index (χ4n) is 2.80. The number of carbonyl (C=O) groups excluding carboxylic acids is 1. The van der Waals surface area contributed by atoms with Crippen molar-refractivity contribution in [2.45, 2.75) is 17.7 Å². The lowest BCUT2D eigenvalue weighted by molar-refractivity contribution is 0.0786. The second kappa shape index (κ2) is 8.86. The number of amides is 1. The highest BCUT2D eigenvalue weighted by Crippen LogP contribution is 2.17. The van der Waals surface area contributed by atoms with Crippen LogP contribution in [0.15, 0.2) is 59.5 Å². The molecule has 0 unspecified atom stereocenters. The van der Waals surface area contributed by atoms with Crippen LogP contribution < -0.4 is 5.14 Å². The molecule has 1 aromatic heterocycles. The number of rotatable bonds is 7. The van der Waals surface area contributed by atoms with Crippen LogP contribution in [0.5, 0.6) is 0 Å². The third-order valence-electron chi connectivity index (χ3n) is 4.39. The van der Waals surface area contributed by atoms with E-state index in [0.717, 1.165) is 5.56 Å². The standard InChI is InChI=1S/C20H20N6O3S/c1-25(13-5-12-21)20(27)19-23-18(14-15-6-3-2-4-7-15)26(24-19)16-8-10-17(11-9-16)30(22,28)29/h2-4,6-11H,5,13-14H2,1H3,(H2,22,28,29). The molecule has 0 spiro atoms. The van der Waals surface area contributed by atoms with E-state index < -0.39 is 15.9 Å². The minimum atomic E-state index is -3.82. The first-order valence-electron chi connectivity index (χ1n) is 9.05. The molecule has 9 nitrogen and oxygen atoms in total. The number of hydrogen-bond acceptors (Lipinski definition) is 6. The largest absolute Gasteiger partial charge is 0.338 e. The van der Waals surface area contributed by atoms with Crippen LogP contribution in [0.4, 0.5) is 0 Å². The third kappa shape index (κ3) is 4.89. The van der Waals surface area contributed by atoms with E-state index in [-0.39, 0.29) is 23.7 Å². The Morgan fingerprint density at radius 3 is 2.43 bits per heavy atom. The predicted molar refractivity (Wildman–Crippen MR) is 109 cm³/mol. The summed E-state index contributed by atoms with van der Waals surface area (Å²) in [6.07, 6.45) is 0.620. The van der Waals surface area contributed by atoms with Gasteiger partial charge in [-0.1, -0.05) is 30.3 Å². The normalized spacial score (nSPS) is 11.1. The average Bonchev–Trinajstić information content (AvgIpc) is 3.15. The average molecular weight is 424 g/mol. The molecule has 2 N–H and O–H groups in total. The summed E-state index contributed by atoms with van der Waals surface area (Å²) < 4.78 is 24.5. The van der Waals surface area contributed by atoms with Gasteiger partial charge >= 0.3 is 0 Å². The maximum absolute atomic E-state index is 12.7. The maximum atomic E-state index is 12.7. The molecule has 0 saturated carbocycles. The molecule has 0 saturated heterocycles. The number of sulfonamides is 1. The molecule has 2 aromatic carbocycles. The number of nitrogens with two attached hydrogens (primary N) is 1. The number of carbonyl (C=O) groups is 1. The number of primary sulfonamides is 1. The van der Waals surface area contributed by atoms with Gasteiger partial charge in [0.15, 0.2) is 0 Å². The molecule has 0 radical (unpaired) electrons. The third-order valence-corrected chi connectivity index (χ3v) is 5.32. The van der Waals surface area contributed by atoms with Gasteiger partial charge in [0.05, 0.1) is 23.1 Å². The molecule has 0 aliphatic rings. The first kappa shape index (κ1) is 21.2. The van der Waals surface area contributed by atoms with Crippen LogP contribution >= 0.6 is 0 Å². The highest BCUT2D eigenvalue weighted by molar-refractivity contribution is 7.89. The molecule has 1 heterocycles. The van der Waals surface area contributed by atoms with Crippen molar-refractivity contribution in [3.05, 3.63) is 71.8 Å². The van der Waals surface area contributed by atoms with Crippen molar-refractivity contribution in [2.24, 2.45) is 5.14 Å². The molecular weight excluding hydrogens is 404 g/mol. The molecule has 0 aliphatic carbocycles. The zero-order chi connectivity index (χ0) is 21.7. The first-order chi connectivity index (χ1) is 14.3. The predicted octanol–water partition coefficient (Wildman–Crippen LogP) is 1.49. The van der Waals surface area contributed by atoms with Gasteiger partial charge in [0.2, 0.25) is 15.8 Å². The van der Waals surface area contributed by atoms with Gasteiger partial charge in [-0.3, -0.25) is 4.79 Å². The molecule has 0 fully saturated rings. The molecular formula is C20H20N6O3S. The van der Waals surface area contributed by atoms with Crippen LogP contribution in [0, 0.1) is 11.3 Å². The van der Waals surface area contributed by atoms with E-state index in [4.69, 9.17) is 10.4 Å². The number of nitriles is 1. The van der Waals surface area contributed by atoms with E-state index in [1.165, 1.54) is 21.7 Å². The summed E-state index contributed by atoms with van der Waals surface area (Å²) in [6, 6.07) is 17.4. The second-order valence-electron chi connectivity index (χ2n) is 6.60. The van der Waals surface area contributed by atoms with Gasteiger partial charge < -0.3 is 4.90 Å². The molecule has 3 rings (SSSR count). The topological polar surface area (TPSA) is 135 Å². The summed E-state index contributed by atoms with van der Waals surface area (Å²) in [7, 11) is -2.24. The van der Waals surface area contributed by atoms with E-state index in [1.54, 1.807) is 19.2 Å². The molecule has 1 amide bonds. The molecule has 0 bridgehead atoms. The number of hydrogen-bond donors (Lipinski definition) is 1. The van der Waals surface area contributed by atoms with E-state index in [9.17, 15) is 13.2 Å². The summed E-state index contributed by atoms with van der Waals surface area (Å²) in [5.41, 5.74) is 1.52. The fraction of sp³-hybridized carbons (Fsp3) is 0.200. The number of aromatic nitrogens is 3. The van der Waals surface area contributed by atoms with E-state index >= 15 is 0 Å². The molecule has 3 aromatic rings. The van der Waals surface area contributed by atoms with Crippen LogP contribution in [-0.2, 0) is 16.4 Å². The van der Waals surface area contributed by atoms with Gasteiger partial charge in [-0.2, -0.15) is 5.26 Å². The monoisotopic (exact) mass is 424 g/mol.